The molecule has 10 heteroatoms. The molecule has 0 saturated heterocycles. The normalized spacial score (nSPS) is 23.7. The molecule has 0 aliphatic heterocycles. The zero-order chi connectivity index (χ0) is 23.5. The first kappa shape index (κ1) is 21.7. The summed E-state index contributed by atoms with van der Waals surface area (Å²) in [5.74, 6) is -0.307. The van der Waals surface area contributed by atoms with Crippen LogP contribution in [0.1, 0.15) is 61.4 Å². The Balaban J connectivity index is 1.45. The number of alkyl halides is 4. The Kier molecular flexibility index (Phi) is 4.88. The molecule has 0 unspecified atom stereocenters. The van der Waals surface area contributed by atoms with E-state index < -0.39 is 29.9 Å². The van der Waals surface area contributed by atoms with Crippen molar-refractivity contribution in [1.29, 1.82) is 0 Å². The number of nitrogens with one attached hydrogen (secondary N) is 1. The Hall–Kier alpha value is -3.17. The topological polar surface area (TPSA) is 68.5 Å². The number of halogens is 4. The second-order valence-corrected chi connectivity index (χ2v) is 9.29. The van der Waals surface area contributed by atoms with Gasteiger partial charge in [-0.05, 0) is 45.2 Å². The summed E-state index contributed by atoms with van der Waals surface area (Å²) < 4.78 is 59.9. The van der Waals surface area contributed by atoms with Gasteiger partial charge in [-0.2, -0.15) is 0 Å². The van der Waals surface area contributed by atoms with Gasteiger partial charge in [0.15, 0.2) is 0 Å². The highest BCUT2D eigenvalue weighted by atomic mass is 19.3. The molecule has 0 radical (unpaired) electrons. The number of nitrogens with zero attached hydrogens (tertiary/aromatic N) is 3. The molecule has 3 aromatic heterocycles. The maximum atomic E-state index is 13.2. The fourth-order valence-corrected chi connectivity index (χ4v) is 4.97. The number of pyridine rings is 2. The average molecular weight is 462 g/mol. The smallest absolute Gasteiger partial charge is 0.280 e. The predicted molar refractivity (Wildman–Crippen MR) is 112 cm³/mol. The average Bonchev–Trinajstić information content (AvgIpc) is 3.07. The highest BCUT2D eigenvalue weighted by Gasteiger charge is 2.73. The van der Waals surface area contributed by atoms with Gasteiger partial charge in [-0.3, -0.25) is 4.79 Å². The number of hydrogen-bond acceptors (Lipinski definition) is 4. The molecule has 0 spiro atoms. The maximum Gasteiger partial charge on any atom is 0.280 e. The van der Waals surface area contributed by atoms with Crippen molar-refractivity contribution in [2.75, 3.05) is 5.32 Å². The molecule has 1 amide bonds. The summed E-state index contributed by atoms with van der Waals surface area (Å²) in [5, 5.41) is 2.68. The van der Waals surface area contributed by atoms with Crippen molar-refractivity contribution in [2.45, 2.75) is 57.5 Å². The van der Waals surface area contributed by atoms with E-state index in [9.17, 15) is 22.4 Å². The Bertz CT molecular complexity index is 1220. The van der Waals surface area contributed by atoms with Gasteiger partial charge < -0.3 is 14.5 Å². The molecule has 6 rings (SSSR count). The van der Waals surface area contributed by atoms with Gasteiger partial charge in [0.2, 0.25) is 6.43 Å². The molecule has 0 atom stereocenters. The summed E-state index contributed by atoms with van der Waals surface area (Å²) in [6, 6.07) is 5.50. The highest BCUT2D eigenvalue weighted by Crippen LogP contribution is 2.75. The van der Waals surface area contributed by atoms with Crippen molar-refractivity contribution in [3.05, 3.63) is 53.7 Å². The number of carbonyl (C=O) groups is 1. The predicted octanol–water partition coefficient (Wildman–Crippen LogP) is 5.39. The largest absolute Gasteiger partial charge is 0.489 e. The van der Waals surface area contributed by atoms with Gasteiger partial charge in [-0.15, -0.1) is 0 Å². The lowest BCUT2D eigenvalue weighted by Gasteiger charge is -2.69. The van der Waals surface area contributed by atoms with E-state index in [0.29, 0.717) is 36.3 Å². The quantitative estimate of drug-likeness (QED) is 0.478. The first-order valence-corrected chi connectivity index (χ1v) is 10.7. The number of ether oxygens (including phenoxy) is 1. The maximum absolute atomic E-state index is 13.2. The van der Waals surface area contributed by atoms with Gasteiger partial charge in [-0.25, -0.2) is 27.5 Å². The summed E-state index contributed by atoms with van der Waals surface area (Å²) in [6.45, 7) is 3.65. The van der Waals surface area contributed by atoms with Gasteiger partial charge in [0.1, 0.15) is 28.5 Å². The molecule has 33 heavy (non-hydrogen) atoms. The molecule has 3 fully saturated rings. The molecular weight excluding hydrogens is 440 g/mol. The highest BCUT2D eigenvalue weighted by molar-refractivity contribution is 6.03. The monoisotopic (exact) mass is 462 g/mol. The number of fused-ring (bicyclic) bond motifs is 1. The summed E-state index contributed by atoms with van der Waals surface area (Å²) in [5.41, 5.74) is -0.193. The number of hydrogen-bond donors (Lipinski definition) is 1. The summed E-state index contributed by atoms with van der Waals surface area (Å²) >= 11 is 0. The minimum Gasteiger partial charge on any atom is -0.489 e. The molecule has 3 saturated carbocycles. The third-order valence-electron chi connectivity index (χ3n) is 6.47. The van der Waals surface area contributed by atoms with E-state index in [2.05, 4.69) is 15.3 Å². The van der Waals surface area contributed by atoms with E-state index in [1.54, 1.807) is 22.9 Å². The Morgan fingerprint density at radius 1 is 1.12 bits per heavy atom. The van der Waals surface area contributed by atoms with Crippen molar-refractivity contribution in [2.24, 2.45) is 5.41 Å². The van der Waals surface area contributed by atoms with Crippen LogP contribution in [-0.4, -0.2) is 32.8 Å². The van der Waals surface area contributed by atoms with Crippen molar-refractivity contribution in [3.63, 3.8) is 0 Å². The van der Waals surface area contributed by atoms with Crippen LogP contribution >= 0.6 is 0 Å². The van der Waals surface area contributed by atoms with Crippen LogP contribution in [0.5, 0.6) is 5.75 Å². The van der Waals surface area contributed by atoms with Gasteiger partial charge in [0.25, 0.3) is 12.3 Å². The summed E-state index contributed by atoms with van der Waals surface area (Å²) in [4.78, 5) is 21.1. The summed E-state index contributed by atoms with van der Waals surface area (Å²) in [6.07, 6.45) is -0.644. The zero-order valence-corrected chi connectivity index (χ0v) is 18.0. The molecule has 6 nitrogen and oxygen atoms in total. The van der Waals surface area contributed by atoms with E-state index in [-0.39, 0.29) is 17.2 Å². The van der Waals surface area contributed by atoms with E-state index in [1.165, 1.54) is 12.1 Å². The Morgan fingerprint density at radius 3 is 2.48 bits per heavy atom. The molecular formula is C23H22F4N4O2. The Morgan fingerprint density at radius 2 is 1.85 bits per heavy atom. The fourth-order valence-electron chi connectivity index (χ4n) is 4.97. The lowest BCUT2D eigenvalue weighted by Crippen LogP contribution is -2.67. The molecule has 3 heterocycles. The first-order chi connectivity index (χ1) is 15.6. The molecule has 174 valence electrons. The number of anilines is 1. The number of carbonyl (C=O) groups excluding carboxylic acids is 1. The second-order valence-electron chi connectivity index (χ2n) is 9.29. The number of imidazole rings is 1. The van der Waals surface area contributed by atoms with Gasteiger partial charge in [-0.1, -0.05) is 6.07 Å². The third-order valence-corrected chi connectivity index (χ3v) is 6.47. The molecule has 0 aromatic carbocycles. The number of amides is 1. The van der Waals surface area contributed by atoms with Crippen LogP contribution in [0.4, 0.5) is 23.2 Å². The Labute approximate surface area is 187 Å². The van der Waals surface area contributed by atoms with Crippen LogP contribution in [0.3, 0.4) is 0 Å². The SMILES string of the molecule is CC(C)Oc1cc2nc(C34CC(C(F)F)(C3)C4)cn2cc1NC(=O)c1cccc(C(F)F)n1. The van der Waals surface area contributed by atoms with Crippen LogP contribution in [0, 0.1) is 5.41 Å². The van der Waals surface area contributed by atoms with E-state index >= 15 is 0 Å². The minimum absolute atomic E-state index is 0.152. The van der Waals surface area contributed by atoms with Crippen molar-refractivity contribution in [3.8, 4) is 5.75 Å². The molecule has 2 bridgehead atoms. The van der Waals surface area contributed by atoms with Crippen LogP contribution in [0.15, 0.2) is 36.7 Å². The van der Waals surface area contributed by atoms with Crippen LogP contribution in [0.2, 0.25) is 0 Å². The molecule has 3 aliphatic carbocycles. The number of rotatable bonds is 7. The standard InChI is InChI=1S/C23H22F4N4O2/c1-12(2)33-16-6-18-30-17(22-9-23(10-22,11-22)21(26)27)8-31(18)7-15(16)29-20(32)14-5-3-4-13(28-14)19(24)25/h3-8,12,19,21H,9-11H2,1-2H3,(H,29,32). The first-order valence-electron chi connectivity index (χ1n) is 10.7. The minimum atomic E-state index is -2.79. The molecule has 3 aliphatic rings. The van der Waals surface area contributed by atoms with E-state index in [1.807, 2.05) is 13.8 Å². The van der Waals surface area contributed by atoms with Gasteiger partial charge >= 0.3 is 0 Å². The fraction of sp³-hybridized carbons (Fsp3) is 0.435. The molecule has 1 N–H and O–H groups in total. The van der Waals surface area contributed by atoms with Crippen molar-refractivity contribution >= 4 is 17.2 Å². The van der Waals surface area contributed by atoms with Crippen LogP contribution in [-0.2, 0) is 5.41 Å². The van der Waals surface area contributed by atoms with Crippen LogP contribution < -0.4 is 10.1 Å². The van der Waals surface area contributed by atoms with Gasteiger partial charge in [0.05, 0.1) is 11.8 Å². The molecule has 3 aromatic rings. The van der Waals surface area contributed by atoms with Crippen LogP contribution in [0.25, 0.3) is 5.65 Å². The van der Waals surface area contributed by atoms with E-state index in [0.717, 1.165) is 11.8 Å². The zero-order valence-electron chi connectivity index (χ0n) is 18.0. The van der Waals surface area contributed by atoms with Crippen molar-refractivity contribution in [1.82, 2.24) is 14.4 Å². The second kappa shape index (κ2) is 7.43. The lowest BCUT2D eigenvalue weighted by molar-refractivity contribution is -0.223. The number of aromatic nitrogens is 3. The van der Waals surface area contributed by atoms with E-state index in [4.69, 9.17) is 4.74 Å². The third kappa shape index (κ3) is 3.52. The lowest BCUT2D eigenvalue weighted by atomic mass is 9.34. The van der Waals surface area contributed by atoms with Gasteiger partial charge in [0, 0.05) is 29.3 Å². The summed E-state index contributed by atoms with van der Waals surface area (Å²) in [7, 11) is 0. The van der Waals surface area contributed by atoms with Crippen molar-refractivity contribution < 1.29 is 27.1 Å².